The van der Waals surface area contributed by atoms with Gasteiger partial charge in [-0.3, -0.25) is 0 Å². The lowest BCUT2D eigenvalue weighted by Crippen LogP contribution is -2.07. The second-order valence-corrected chi connectivity index (χ2v) is 2.59. The third kappa shape index (κ3) is 1.50. The van der Waals surface area contributed by atoms with Crippen molar-refractivity contribution in [1.82, 2.24) is 0 Å². The maximum Gasteiger partial charge on any atom is 0.107 e. The van der Waals surface area contributed by atoms with E-state index >= 15 is 0 Å². The summed E-state index contributed by atoms with van der Waals surface area (Å²) in [6.45, 7) is 0.830. The molecule has 0 saturated heterocycles. The van der Waals surface area contributed by atoms with Crippen LogP contribution in [0.25, 0.3) is 0 Å². The Balaban J connectivity index is 2.16. The van der Waals surface area contributed by atoms with Crippen LogP contribution in [0, 0.1) is 29.1 Å². The minimum absolute atomic E-state index is 0.170. The molecule has 0 unspecified atom stereocenters. The molecule has 1 aliphatic rings. The lowest BCUT2D eigenvalue weighted by atomic mass is 10.1. The van der Waals surface area contributed by atoms with Gasteiger partial charge in [-0.05, 0) is 12.8 Å². The molecule has 52 valence electrons. The van der Waals surface area contributed by atoms with Crippen molar-refractivity contribution in [3.8, 4) is 18.4 Å². The molecule has 0 radical (unpaired) electrons. The molecule has 0 aromatic carbocycles. The van der Waals surface area contributed by atoms with Gasteiger partial charge in [0.15, 0.2) is 0 Å². The van der Waals surface area contributed by atoms with E-state index in [1.54, 1.807) is 0 Å². The molecule has 0 atom stereocenters. The molecule has 0 aromatic heterocycles. The van der Waals surface area contributed by atoms with E-state index in [0.29, 0.717) is 13.2 Å². The quantitative estimate of drug-likeness (QED) is 0.426. The average molecular weight is 135 g/mol. The van der Waals surface area contributed by atoms with Gasteiger partial charge in [0.05, 0.1) is 18.1 Å². The molecule has 0 N–H and O–H groups in total. The van der Waals surface area contributed by atoms with Gasteiger partial charge in [-0.2, -0.15) is 5.26 Å². The van der Waals surface area contributed by atoms with E-state index in [9.17, 15) is 0 Å². The second kappa shape index (κ2) is 2.73. The van der Waals surface area contributed by atoms with Crippen LogP contribution < -0.4 is 0 Å². The molecular weight excluding hydrogens is 126 g/mol. The SMILES string of the molecule is C#CCOCC1(C#N)CC1. The first-order valence-electron chi connectivity index (χ1n) is 3.25. The lowest BCUT2D eigenvalue weighted by molar-refractivity contribution is 0.136. The maximum absolute atomic E-state index is 8.57. The summed E-state index contributed by atoms with van der Waals surface area (Å²) in [6, 6.07) is 2.22. The van der Waals surface area contributed by atoms with Crippen LogP contribution in [0.15, 0.2) is 0 Å². The maximum atomic E-state index is 8.57. The molecular formula is C8H9NO. The number of hydrogen-bond donors (Lipinski definition) is 0. The summed E-state index contributed by atoms with van der Waals surface area (Å²) in [5.41, 5.74) is -0.170. The van der Waals surface area contributed by atoms with Gasteiger partial charge in [-0.15, -0.1) is 6.42 Å². The van der Waals surface area contributed by atoms with Gasteiger partial charge in [0, 0.05) is 0 Å². The van der Waals surface area contributed by atoms with Gasteiger partial charge in [0.25, 0.3) is 0 Å². The number of rotatable bonds is 3. The zero-order valence-electron chi connectivity index (χ0n) is 5.76. The smallest absolute Gasteiger partial charge is 0.107 e. The minimum atomic E-state index is -0.170. The Morgan fingerprint density at radius 2 is 2.30 bits per heavy atom. The summed E-state index contributed by atoms with van der Waals surface area (Å²) in [4.78, 5) is 0. The number of nitriles is 1. The summed E-state index contributed by atoms with van der Waals surface area (Å²) in [6.07, 6.45) is 6.89. The van der Waals surface area contributed by atoms with Crippen LogP contribution in [0.5, 0.6) is 0 Å². The van der Waals surface area contributed by atoms with Crippen LogP contribution in [-0.4, -0.2) is 13.2 Å². The molecule has 0 amide bonds. The zero-order valence-corrected chi connectivity index (χ0v) is 5.76. The van der Waals surface area contributed by atoms with E-state index in [0.717, 1.165) is 12.8 Å². The molecule has 1 saturated carbocycles. The first-order chi connectivity index (χ1) is 4.83. The zero-order chi connectivity index (χ0) is 7.45. The fourth-order valence-corrected chi connectivity index (χ4v) is 0.745. The first-order valence-corrected chi connectivity index (χ1v) is 3.25. The van der Waals surface area contributed by atoms with E-state index < -0.39 is 0 Å². The van der Waals surface area contributed by atoms with Crippen molar-refractivity contribution in [3.63, 3.8) is 0 Å². The van der Waals surface area contributed by atoms with E-state index in [2.05, 4.69) is 12.0 Å². The Bertz CT molecular complexity index is 192. The van der Waals surface area contributed by atoms with Crippen molar-refractivity contribution in [2.24, 2.45) is 5.41 Å². The highest BCUT2D eigenvalue weighted by atomic mass is 16.5. The highest BCUT2D eigenvalue weighted by Crippen LogP contribution is 2.44. The standard InChI is InChI=1S/C8H9NO/c1-2-5-10-7-8(6-9)3-4-8/h1H,3-5,7H2. The Hall–Kier alpha value is -0.990. The Morgan fingerprint density at radius 1 is 1.60 bits per heavy atom. The predicted octanol–water partition coefficient (Wildman–Crippen LogP) is 0.940. The summed E-state index contributed by atoms with van der Waals surface area (Å²) < 4.78 is 5.04. The highest BCUT2D eigenvalue weighted by molar-refractivity contribution is 5.09. The number of nitrogens with zero attached hydrogens (tertiary/aromatic N) is 1. The normalized spacial score (nSPS) is 19.0. The molecule has 1 rings (SSSR count). The monoisotopic (exact) mass is 135 g/mol. The Kier molecular flexibility index (Phi) is 1.94. The van der Waals surface area contributed by atoms with Crippen molar-refractivity contribution in [2.75, 3.05) is 13.2 Å². The van der Waals surface area contributed by atoms with Crippen molar-refractivity contribution >= 4 is 0 Å². The fourth-order valence-electron chi connectivity index (χ4n) is 0.745. The van der Waals surface area contributed by atoms with Crippen LogP contribution >= 0.6 is 0 Å². The molecule has 0 bridgehead atoms. The minimum Gasteiger partial charge on any atom is -0.367 e. The van der Waals surface area contributed by atoms with E-state index in [1.165, 1.54) is 0 Å². The molecule has 1 fully saturated rings. The van der Waals surface area contributed by atoms with Crippen LogP contribution in [0.4, 0.5) is 0 Å². The molecule has 2 nitrogen and oxygen atoms in total. The number of terminal acetylenes is 1. The Labute approximate surface area is 60.8 Å². The molecule has 0 aliphatic heterocycles. The third-order valence-corrected chi connectivity index (χ3v) is 1.65. The van der Waals surface area contributed by atoms with Gasteiger partial charge in [-0.1, -0.05) is 5.92 Å². The van der Waals surface area contributed by atoms with Gasteiger partial charge >= 0.3 is 0 Å². The molecule has 1 aliphatic carbocycles. The molecule has 0 aromatic rings. The van der Waals surface area contributed by atoms with E-state index in [4.69, 9.17) is 16.4 Å². The van der Waals surface area contributed by atoms with Crippen LogP contribution in [0.1, 0.15) is 12.8 Å². The lowest BCUT2D eigenvalue weighted by Gasteiger charge is -2.02. The van der Waals surface area contributed by atoms with Gasteiger partial charge in [-0.25, -0.2) is 0 Å². The number of ether oxygens (including phenoxy) is 1. The Morgan fingerprint density at radius 3 is 2.70 bits per heavy atom. The van der Waals surface area contributed by atoms with Crippen molar-refractivity contribution in [3.05, 3.63) is 0 Å². The van der Waals surface area contributed by atoms with Crippen LogP contribution in [0.2, 0.25) is 0 Å². The molecule has 0 heterocycles. The van der Waals surface area contributed by atoms with Crippen molar-refractivity contribution < 1.29 is 4.74 Å². The second-order valence-electron chi connectivity index (χ2n) is 2.59. The number of hydrogen-bond acceptors (Lipinski definition) is 2. The van der Waals surface area contributed by atoms with Crippen LogP contribution in [0.3, 0.4) is 0 Å². The van der Waals surface area contributed by atoms with Gasteiger partial charge < -0.3 is 4.74 Å². The molecule has 2 heteroatoms. The third-order valence-electron chi connectivity index (χ3n) is 1.65. The average Bonchev–Trinajstić information content (AvgIpc) is 2.70. The van der Waals surface area contributed by atoms with Gasteiger partial charge in [0.1, 0.15) is 6.61 Å². The first kappa shape index (κ1) is 7.12. The summed E-state index contributed by atoms with van der Waals surface area (Å²) in [7, 11) is 0. The summed E-state index contributed by atoms with van der Waals surface area (Å²) >= 11 is 0. The predicted molar refractivity (Wildman–Crippen MR) is 36.9 cm³/mol. The highest BCUT2D eigenvalue weighted by Gasteiger charge is 2.43. The van der Waals surface area contributed by atoms with E-state index in [1.807, 2.05) is 0 Å². The largest absolute Gasteiger partial charge is 0.367 e. The topological polar surface area (TPSA) is 33.0 Å². The molecule has 0 spiro atoms. The van der Waals surface area contributed by atoms with E-state index in [-0.39, 0.29) is 5.41 Å². The van der Waals surface area contributed by atoms with Crippen molar-refractivity contribution in [2.45, 2.75) is 12.8 Å². The van der Waals surface area contributed by atoms with Crippen molar-refractivity contribution in [1.29, 1.82) is 5.26 Å². The summed E-state index contributed by atoms with van der Waals surface area (Å²) in [5, 5.41) is 8.57. The molecule has 10 heavy (non-hydrogen) atoms. The van der Waals surface area contributed by atoms with Crippen LogP contribution in [-0.2, 0) is 4.74 Å². The fraction of sp³-hybridized carbons (Fsp3) is 0.625. The summed E-state index contributed by atoms with van der Waals surface area (Å²) in [5.74, 6) is 2.36. The van der Waals surface area contributed by atoms with Gasteiger partial charge in [0.2, 0.25) is 0 Å².